The fourth-order valence-electron chi connectivity index (χ4n) is 3.12. The minimum absolute atomic E-state index is 0.00158. The van der Waals surface area contributed by atoms with Crippen LogP contribution in [0.25, 0.3) is 0 Å². The summed E-state index contributed by atoms with van der Waals surface area (Å²) in [7, 11) is -1.26. The third-order valence-electron chi connectivity index (χ3n) is 4.73. The number of morpholine rings is 1. The number of nitrogens with zero attached hydrogens (tertiary/aromatic N) is 2. The number of guanidine groups is 1. The lowest BCUT2D eigenvalue weighted by molar-refractivity contribution is 0.0170. The maximum atomic E-state index is 11.4. The Morgan fingerprint density at radius 3 is 2.50 bits per heavy atom. The van der Waals surface area contributed by atoms with Gasteiger partial charge in [0, 0.05) is 44.0 Å². The summed E-state index contributed by atoms with van der Waals surface area (Å²) >= 11 is 6.05. The molecule has 2 N–H and O–H groups in total. The van der Waals surface area contributed by atoms with Crippen LogP contribution < -0.4 is 10.6 Å². The molecule has 1 heterocycles. The smallest absolute Gasteiger partial charge is 0.191 e. The molecule has 0 aromatic heterocycles. The molecule has 0 radical (unpaired) electrons. The molecule has 1 saturated heterocycles. The predicted octanol–water partition coefficient (Wildman–Crippen LogP) is 1.70. The van der Waals surface area contributed by atoms with Gasteiger partial charge < -0.3 is 15.4 Å². The molecule has 0 saturated carbocycles. The molecule has 1 fully saturated rings. The van der Waals surface area contributed by atoms with Gasteiger partial charge in [0.25, 0.3) is 0 Å². The molecule has 158 valence electrons. The first-order valence-corrected chi connectivity index (χ1v) is 11.9. The van der Waals surface area contributed by atoms with E-state index in [1.807, 2.05) is 19.1 Å². The van der Waals surface area contributed by atoms with E-state index in [0.717, 1.165) is 31.3 Å². The lowest BCUT2D eigenvalue weighted by Gasteiger charge is -2.35. The van der Waals surface area contributed by atoms with Gasteiger partial charge in [-0.1, -0.05) is 23.7 Å². The molecule has 28 heavy (non-hydrogen) atoms. The number of benzene rings is 1. The van der Waals surface area contributed by atoms with Gasteiger partial charge in [-0.3, -0.25) is 9.89 Å². The molecule has 1 aliphatic heterocycles. The number of nitrogens with one attached hydrogen (secondary N) is 2. The zero-order valence-electron chi connectivity index (χ0n) is 16.8. The van der Waals surface area contributed by atoms with E-state index in [0.29, 0.717) is 18.9 Å². The van der Waals surface area contributed by atoms with Crippen molar-refractivity contribution in [1.29, 1.82) is 0 Å². The van der Waals surface area contributed by atoms with Crippen LogP contribution in [0.1, 0.15) is 24.9 Å². The van der Waals surface area contributed by atoms with E-state index in [4.69, 9.17) is 16.3 Å². The van der Waals surface area contributed by atoms with Crippen LogP contribution in [0.4, 0.5) is 0 Å². The molecule has 7 nitrogen and oxygen atoms in total. The summed E-state index contributed by atoms with van der Waals surface area (Å²) in [6, 6.07) is 8.07. The Kier molecular flexibility index (Phi) is 9.01. The second kappa shape index (κ2) is 11.0. The number of rotatable bonds is 8. The molecule has 1 aromatic rings. The van der Waals surface area contributed by atoms with Crippen molar-refractivity contribution < 1.29 is 13.2 Å². The molecule has 0 aliphatic carbocycles. The SMILES string of the molecule is CN=C(NCC(c1ccc(Cl)cc1)N1CCOCC1)NC(C)CCS(C)(=O)=O. The summed E-state index contributed by atoms with van der Waals surface area (Å²) in [5, 5.41) is 7.37. The normalized spacial score (nSPS) is 18.5. The summed E-state index contributed by atoms with van der Waals surface area (Å²) in [6.07, 6.45) is 1.79. The molecular formula is C19H31ClN4O3S. The largest absolute Gasteiger partial charge is 0.379 e. The zero-order chi connectivity index (χ0) is 20.6. The first kappa shape index (κ1) is 22.9. The van der Waals surface area contributed by atoms with E-state index in [1.165, 1.54) is 11.8 Å². The maximum absolute atomic E-state index is 11.4. The Morgan fingerprint density at radius 1 is 1.29 bits per heavy atom. The zero-order valence-corrected chi connectivity index (χ0v) is 18.4. The molecule has 1 aliphatic rings. The number of hydrogen-bond acceptors (Lipinski definition) is 5. The number of sulfone groups is 1. The van der Waals surface area contributed by atoms with Crippen LogP contribution in [0.3, 0.4) is 0 Å². The lowest BCUT2D eigenvalue weighted by Crippen LogP contribution is -2.48. The van der Waals surface area contributed by atoms with Crippen LogP contribution in [0, 0.1) is 0 Å². The van der Waals surface area contributed by atoms with E-state index in [1.54, 1.807) is 7.05 Å². The monoisotopic (exact) mass is 430 g/mol. The molecule has 0 amide bonds. The first-order valence-electron chi connectivity index (χ1n) is 9.50. The van der Waals surface area contributed by atoms with Crippen molar-refractivity contribution in [3.8, 4) is 0 Å². The standard InChI is InChI=1S/C19H31ClN4O3S/c1-15(8-13-28(3,25)26)23-19(21-2)22-14-18(24-9-11-27-12-10-24)16-4-6-17(20)7-5-16/h4-7,15,18H,8-14H2,1-3H3,(H2,21,22,23). The van der Waals surface area contributed by atoms with Gasteiger partial charge in [0.05, 0.1) is 25.0 Å². The fourth-order valence-corrected chi connectivity index (χ4v) is 4.02. The van der Waals surface area contributed by atoms with Gasteiger partial charge in [-0.05, 0) is 31.0 Å². The van der Waals surface area contributed by atoms with E-state index < -0.39 is 9.84 Å². The van der Waals surface area contributed by atoms with Gasteiger partial charge in [0.2, 0.25) is 0 Å². The van der Waals surface area contributed by atoms with Gasteiger partial charge in [0.1, 0.15) is 9.84 Å². The highest BCUT2D eigenvalue weighted by atomic mass is 35.5. The number of hydrogen-bond donors (Lipinski definition) is 2. The highest BCUT2D eigenvalue weighted by molar-refractivity contribution is 7.90. The number of ether oxygens (including phenoxy) is 1. The van der Waals surface area contributed by atoms with Crippen molar-refractivity contribution in [3.63, 3.8) is 0 Å². The van der Waals surface area contributed by atoms with Crippen LogP contribution in [0.5, 0.6) is 0 Å². The number of aliphatic imine (C=N–C) groups is 1. The molecule has 0 spiro atoms. The number of halogens is 1. The molecule has 9 heteroatoms. The van der Waals surface area contributed by atoms with Crippen LogP contribution in [0.2, 0.25) is 5.02 Å². The van der Waals surface area contributed by atoms with E-state index >= 15 is 0 Å². The quantitative estimate of drug-likeness (QED) is 0.482. The second-order valence-electron chi connectivity index (χ2n) is 7.13. The highest BCUT2D eigenvalue weighted by Crippen LogP contribution is 2.23. The van der Waals surface area contributed by atoms with Crippen LogP contribution in [-0.2, 0) is 14.6 Å². The molecule has 1 aromatic carbocycles. The molecule has 2 atom stereocenters. The van der Waals surface area contributed by atoms with Crippen LogP contribution in [0.15, 0.2) is 29.3 Å². The minimum atomic E-state index is -2.97. The Morgan fingerprint density at radius 2 is 1.93 bits per heavy atom. The fraction of sp³-hybridized carbons (Fsp3) is 0.632. The maximum Gasteiger partial charge on any atom is 0.191 e. The highest BCUT2D eigenvalue weighted by Gasteiger charge is 2.23. The molecule has 2 unspecified atom stereocenters. The van der Waals surface area contributed by atoms with Crippen molar-refractivity contribution in [1.82, 2.24) is 15.5 Å². The average Bonchev–Trinajstić information content (AvgIpc) is 2.67. The second-order valence-corrected chi connectivity index (χ2v) is 9.83. The average molecular weight is 431 g/mol. The van der Waals surface area contributed by atoms with Gasteiger partial charge in [-0.25, -0.2) is 8.42 Å². The van der Waals surface area contributed by atoms with Gasteiger partial charge in [0.15, 0.2) is 5.96 Å². The van der Waals surface area contributed by atoms with Crippen LogP contribution >= 0.6 is 11.6 Å². The van der Waals surface area contributed by atoms with Crippen molar-refractivity contribution in [2.45, 2.75) is 25.4 Å². The molecule has 2 rings (SSSR count). The van der Waals surface area contributed by atoms with Gasteiger partial charge in [-0.2, -0.15) is 0 Å². The Balaban J connectivity index is 1.99. The predicted molar refractivity (Wildman–Crippen MR) is 115 cm³/mol. The summed E-state index contributed by atoms with van der Waals surface area (Å²) in [4.78, 5) is 6.67. The van der Waals surface area contributed by atoms with E-state index in [-0.39, 0.29) is 17.8 Å². The Bertz CT molecular complexity index is 734. The Hall–Kier alpha value is -1.35. The summed E-state index contributed by atoms with van der Waals surface area (Å²) in [6.45, 7) is 5.80. The van der Waals surface area contributed by atoms with Crippen LogP contribution in [-0.4, -0.2) is 77.2 Å². The third-order valence-corrected chi connectivity index (χ3v) is 5.96. The van der Waals surface area contributed by atoms with Crippen molar-refractivity contribution in [2.24, 2.45) is 4.99 Å². The topological polar surface area (TPSA) is 83.0 Å². The van der Waals surface area contributed by atoms with Crippen molar-refractivity contribution >= 4 is 27.4 Å². The van der Waals surface area contributed by atoms with E-state index in [9.17, 15) is 8.42 Å². The van der Waals surface area contributed by atoms with E-state index in [2.05, 4.69) is 32.7 Å². The molecule has 0 bridgehead atoms. The third kappa shape index (κ3) is 7.95. The summed E-state index contributed by atoms with van der Waals surface area (Å²) in [5.41, 5.74) is 1.18. The summed E-state index contributed by atoms with van der Waals surface area (Å²) in [5.74, 6) is 0.813. The van der Waals surface area contributed by atoms with Crippen molar-refractivity contribution in [2.75, 3.05) is 51.9 Å². The van der Waals surface area contributed by atoms with Gasteiger partial charge in [-0.15, -0.1) is 0 Å². The lowest BCUT2D eigenvalue weighted by atomic mass is 10.0. The summed E-state index contributed by atoms with van der Waals surface area (Å²) < 4.78 is 28.2. The van der Waals surface area contributed by atoms with Gasteiger partial charge >= 0.3 is 0 Å². The first-order chi connectivity index (χ1) is 13.3. The Labute approximate surface area is 173 Å². The molecular weight excluding hydrogens is 400 g/mol. The van der Waals surface area contributed by atoms with Crippen molar-refractivity contribution in [3.05, 3.63) is 34.9 Å². The minimum Gasteiger partial charge on any atom is -0.379 e.